The summed E-state index contributed by atoms with van der Waals surface area (Å²) in [6.45, 7) is 9.29. The molecule has 0 aliphatic heterocycles. The molecule has 0 amide bonds. The number of halogens is 1. The largest absolute Gasteiger partial charge is 0.0922 e. The molecule has 68 valence electrons. The van der Waals surface area contributed by atoms with Gasteiger partial charge in [-0.1, -0.05) is 56.5 Å². The minimum absolute atomic E-state index is 0.517. The molecule has 0 N–H and O–H groups in total. The highest BCUT2D eigenvalue weighted by Gasteiger charge is 2.27. The second-order valence-corrected chi connectivity index (χ2v) is 4.41. The van der Waals surface area contributed by atoms with Gasteiger partial charge in [-0.2, -0.15) is 0 Å². The Bertz CT molecular complexity index is 101. The molecule has 0 aromatic carbocycles. The van der Waals surface area contributed by atoms with Gasteiger partial charge in [0, 0.05) is 5.33 Å². The molecule has 0 heterocycles. The lowest BCUT2D eigenvalue weighted by molar-refractivity contribution is 0.213. The lowest BCUT2D eigenvalue weighted by Gasteiger charge is -2.33. The minimum atomic E-state index is 0.517. The maximum absolute atomic E-state index is 3.61. The Morgan fingerprint density at radius 3 is 2.18 bits per heavy atom. The summed E-state index contributed by atoms with van der Waals surface area (Å²) in [7, 11) is 0. The summed E-state index contributed by atoms with van der Waals surface area (Å²) < 4.78 is 0. The van der Waals surface area contributed by atoms with Crippen molar-refractivity contribution in [3.63, 3.8) is 0 Å². The quantitative estimate of drug-likeness (QED) is 0.609. The van der Waals surface area contributed by atoms with E-state index in [2.05, 4.69) is 43.6 Å². The number of alkyl halides is 1. The first-order valence-electron chi connectivity index (χ1n) is 4.66. The third kappa shape index (κ3) is 3.14. The van der Waals surface area contributed by atoms with Crippen molar-refractivity contribution in [2.45, 2.75) is 47.0 Å². The Labute approximate surface area is 79.9 Å². The molecule has 11 heavy (non-hydrogen) atoms. The van der Waals surface area contributed by atoms with Gasteiger partial charge in [0.05, 0.1) is 0 Å². The average Bonchev–Trinajstić information content (AvgIpc) is 2.03. The van der Waals surface area contributed by atoms with E-state index in [1.165, 1.54) is 19.3 Å². The van der Waals surface area contributed by atoms with Crippen LogP contribution in [0.2, 0.25) is 0 Å². The van der Waals surface area contributed by atoms with Gasteiger partial charge in [0.2, 0.25) is 0 Å². The van der Waals surface area contributed by atoms with Crippen LogP contribution in [0.3, 0.4) is 0 Å². The summed E-state index contributed by atoms with van der Waals surface area (Å²) >= 11 is 3.61. The maximum Gasteiger partial charge on any atom is 0.00878 e. The van der Waals surface area contributed by atoms with Crippen molar-refractivity contribution in [1.29, 1.82) is 0 Å². The fourth-order valence-corrected chi connectivity index (χ4v) is 2.34. The summed E-state index contributed by atoms with van der Waals surface area (Å²) in [6, 6.07) is 0. The predicted octanol–water partition coefficient (Wildman–Crippen LogP) is 4.23. The molecule has 0 saturated heterocycles. The van der Waals surface area contributed by atoms with E-state index in [0.717, 1.165) is 11.2 Å². The highest BCUT2D eigenvalue weighted by atomic mass is 79.9. The zero-order chi connectivity index (χ0) is 8.91. The monoisotopic (exact) mass is 220 g/mol. The van der Waals surface area contributed by atoms with Crippen molar-refractivity contribution >= 4 is 15.9 Å². The van der Waals surface area contributed by atoms with Crippen molar-refractivity contribution in [2.24, 2.45) is 11.3 Å². The highest BCUT2D eigenvalue weighted by Crippen LogP contribution is 2.36. The van der Waals surface area contributed by atoms with Gasteiger partial charge in [-0.15, -0.1) is 0 Å². The number of hydrogen-bond donors (Lipinski definition) is 0. The van der Waals surface area contributed by atoms with Crippen LogP contribution >= 0.6 is 15.9 Å². The van der Waals surface area contributed by atoms with Gasteiger partial charge in [-0.25, -0.2) is 0 Å². The van der Waals surface area contributed by atoms with Gasteiger partial charge < -0.3 is 0 Å². The first-order valence-corrected chi connectivity index (χ1v) is 5.78. The van der Waals surface area contributed by atoms with Crippen molar-refractivity contribution in [2.75, 3.05) is 5.33 Å². The molecule has 0 fully saturated rings. The second kappa shape index (κ2) is 5.18. The molecule has 0 aliphatic rings. The molecule has 0 spiro atoms. The Hall–Kier alpha value is 0.480. The van der Waals surface area contributed by atoms with E-state index in [1.54, 1.807) is 0 Å². The Balaban J connectivity index is 4.07. The fourth-order valence-electron chi connectivity index (χ4n) is 1.51. The number of rotatable bonds is 5. The SMILES string of the molecule is CCCC(C)(CBr)C(C)CC. The summed E-state index contributed by atoms with van der Waals surface area (Å²) in [5.74, 6) is 0.835. The molecule has 0 aromatic heterocycles. The Kier molecular flexibility index (Phi) is 5.41. The molecule has 0 radical (unpaired) electrons. The van der Waals surface area contributed by atoms with Gasteiger partial charge in [0.15, 0.2) is 0 Å². The van der Waals surface area contributed by atoms with Crippen LogP contribution in [0.15, 0.2) is 0 Å². The molecular weight excluding hydrogens is 200 g/mol. The lowest BCUT2D eigenvalue weighted by Crippen LogP contribution is -2.26. The molecule has 2 atom stereocenters. The average molecular weight is 221 g/mol. The van der Waals surface area contributed by atoms with E-state index in [1.807, 2.05) is 0 Å². The van der Waals surface area contributed by atoms with Crippen LogP contribution in [0.1, 0.15) is 47.0 Å². The molecule has 0 saturated carbocycles. The first-order chi connectivity index (χ1) is 5.10. The van der Waals surface area contributed by atoms with Crippen LogP contribution in [-0.2, 0) is 0 Å². The van der Waals surface area contributed by atoms with Crippen molar-refractivity contribution in [1.82, 2.24) is 0 Å². The molecule has 0 aromatic rings. The van der Waals surface area contributed by atoms with E-state index < -0.39 is 0 Å². The fraction of sp³-hybridized carbons (Fsp3) is 1.00. The zero-order valence-corrected chi connectivity index (χ0v) is 9.87. The minimum Gasteiger partial charge on any atom is -0.0922 e. The van der Waals surface area contributed by atoms with Crippen LogP contribution < -0.4 is 0 Å². The summed E-state index contributed by atoms with van der Waals surface area (Å²) in [5.41, 5.74) is 0.517. The molecular formula is C10H21Br. The molecule has 0 aliphatic carbocycles. The van der Waals surface area contributed by atoms with E-state index in [-0.39, 0.29) is 0 Å². The van der Waals surface area contributed by atoms with Crippen LogP contribution in [0, 0.1) is 11.3 Å². The Morgan fingerprint density at radius 1 is 1.36 bits per heavy atom. The van der Waals surface area contributed by atoms with Gasteiger partial charge >= 0.3 is 0 Å². The zero-order valence-electron chi connectivity index (χ0n) is 8.28. The van der Waals surface area contributed by atoms with Crippen molar-refractivity contribution < 1.29 is 0 Å². The van der Waals surface area contributed by atoms with Crippen molar-refractivity contribution in [3.05, 3.63) is 0 Å². The summed E-state index contributed by atoms with van der Waals surface area (Å²) in [5, 5.41) is 1.14. The molecule has 0 nitrogen and oxygen atoms in total. The normalized spacial score (nSPS) is 19.4. The van der Waals surface area contributed by atoms with Crippen LogP contribution in [0.5, 0.6) is 0 Å². The van der Waals surface area contributed by atoms with Gasteiger partial charge in [0.1, 0.15) is 0 Å². The summed E-state index contributed by atoms with van der Waals surface area (Å²) in [4.78, 5) is 0. The number of hydrogen-bond acceptors (Lipinski definition) is 0. The predicted molar refractivity (Wildman–Crippen MR) is 56.3 cm³/mol. The third-order valence-electron chi connectivity index (χ3n) is 2.93. The Morgan fingerprint density at radius 2 is 1.91 bits per heavy atom. The molecule has 0 bridgehead atoms. The van der Waals surface area contributed by atoms with E-state index in [0.29, 0.717) is 5.41 Å². The topological polar surface area (TPSA) is 0 Å². The maximum atomic E-state index is 3.61. The molecule has 2 unspecified atom stereocenters. The molecule has 0 rings (SSSR count). The smallest absolute Gasteiger partial charge is 0.00878 e. The lowest BCUT2D eigenvalue weighted by atomic mass is 9.75. The second-order valence-electron chi connectivity index (χ2n) is 3.85. The van der Waals surface area contributed by atoms with E-state index in [4.69, 9.17) is 0 Å². The van der Waals surface area contributed by atoms with Crippen LogP contribution in [-0.4, -0.2) is 5.33 Å². The third-order valence-corrected chi connectivity index (χ3v) is 4.21. The van der Waals surface area contributed by atoms with Crippen LogP contribution in [0.25, 0.3) is 0 Å². The molecule has 1 heteroatoms. The summed E-state index contributed by atoms with van der Waals surface area (Å²) in [6.07, 6.45) is 3.93. The van der Waals surface area contributed by atoms with Gasteiger partial charge in [-0.3, -0.25) is 0 Å². The van der Waals surface area contributed by atoms with Crippen molar-refractivity contribution in [3.8, 4) is 0 Å². The van der Waals surface area contributed by atoms with Gasteiger partial charge in [-0.05, 0) is 17.8 Å². The van der Waals surface area contributed by atoms with E-state index >= 15 is 0 Å². The highest BCUT2D eigenvalue weighted by molar-refractivity contribution is 9.09. The van der Waals surface area contributed by atoms with Gasteiger partial charge in [0.25, 0.3) is 0 Å². The first kappa shape index (κ1) is 11.5. The van der Waals surface area contributed by atoms with Crippen LogP contribution in [0.4, 0.5) is 0 Å². The van der Waals surface area contributed by atoms with E-state index in [9.17, 15) is 0 Å². The standard InChI is InChI=1S/C10H21Br/c1-5-7-10(4,8-11)9(3)6-2/h9H,5-8H2,1-4H3.